The number of hydrogen-bond acceptors (Lipinski definition) is 6. The largest absolute Gasteiger partial charge is 0.369 e. The van der Waals surface area contributed by atoms with Gasteiger partial charge in [-0.1, -0.05) is 6.07 Å². The Labute approximate surface area is 151 Å². The van der Waals surface area contributed by atoms with Gasteiger partial charge in [0.25, 0.3) is 0 Å². The normalized spacial score (nSPS) is 14.3. The minimum absolute atomic E-state index is 0.263. The molecule has 8 heteroatoms. The second-order valence-corrected chi connectivity index (χ2v) is 6.38. The quantitative estimate of drug-likeness (QED) is 0.682. The average molecular weight is 351 g/mol. The third-order valence-corrected chi connectivity index (χ3v) is 4.55. The van der Waals surface area contributed by atoms with Crippen LogP contribution in [0.1, 0.15) is 19.3 Å². The second-order valence-electron chi connectivity index (χ2n) is 6.38. The Morgan fingerprint density at radius 1 is 1.27 bits per heavy atom. The summed E-state index contributed by atoms with van der Waals surface area (Å²) in [4.78, 5) is 27.2. The van der Waals surface area contributed by atoms with Gasteiger partial charge in [-0.25, -0.2) is 9.97 Å². The molecule has 0 unspecified atom stereocenters. The number of rotatable bonds is 6. The molecule has 0 aromatic carbocycles. The summed E-state index contributed by atoms with van der Waals surface area (Å²) in [5.41, 5.74) is 1.49. The lowest BCUT2D eigenvalue weighted by molar-refractivity contribution is -0.127. The number of carbonyl (C=O) groups is 1. The fourth-order valence-electron chi connectivity index (χ4n) is 3.18. The Bertz CT molecular complexity index is 922. The van der Waals surface area contributed by atoms with E-state index in [0.717, 1.165) is 55.0 Å². The molecular weight excluding hydrogens is 330 g/mol. The Kier molecular flexibility index (Phi) is 4.47. The summed E-state index contributed by atoms with van der Waals surface area (Å²) in [5.74, 6) is 1.58. The zero-order valence-electron chi connectivity index (χ0n) is 14.7. The van der Waals surface area contributed by atoms with Gasteiger partial charge < -0.3 is 10.2 Å². The van der Waals surface area contributed by atoms with Crippen molar-refractivity contribution >= 4 is 22.8 Å². The third kappa shape index (κ3) is 3.22. The molecule has 1 N–H and O–H groups in total. The SMILES string of the molecule is Cn1ncc2c(NCCCN3CCCC3=O)nc(-c3ccccn3)nc21. The van der Waals surface area contributed by atoms with Crippen molar-refractivity contribution in [2.24, 2.45) is 7.05 Å². The molecule has 0 aliphatic carbocycles. The van der Waals surface area contributed by atoms with Gasteiger partial charge in [0.15, 0.2) is 11.5 Å². The number of nitrogens with one attached hydrogen (secondary N) is 1. The van der Waals surface area contributed by atoms with Crippen LogP contribution in [0.2, 0.25) is 0 Å². The van der Waals surface area contributed by atoms with Crippen LogP contribution in [0.15, 0.2) is 30.6 Å². The highest BCUT2D eigenvalue weighted by Crippen LogP contribution is 2.23. The van der Waals surface area contributed by atoms with Gasteiger partial charge in [-0.2, -0.15) is 5.10 Å². The van der Waals surface area contributed by atoms with Gasteiger partial charge in [0, 0.05) is 39.3 Å². The van der Waals surface area contributed by atoms with E-state index < -0.39 is 0 Å². The highest BCUT2D eigenvalue weighted by molar-refractivity contribution is 5.87. The van der Waals surface area contributed by atoms with Crippen molar-refractivity contribution in [3.63, 3.8) is 0 Å². The maximum atomic E-state index is 11.7. The molecule has 3 aromatic rings. The number of likely N-dealkylation sites (tertiary alicyclic amines) is 1. The fourth-order valence-corrected chi connectivity index (χ4v) is 3.18. The summed E-state index contributed by atoms with van der Waals surface area (Å²) in [6, 6.07) is 5.67. The molecule has 0 atom stereocenters. The Morgan fingerprint density at radius 3 is 2.96 bits per heavy atom. The molecule has 134 valence electrons. The van der Waals surface area contributed by atoms with Gasteiger partial charge in [0.1, 0.15) is 11.5 Å². The second kappa shape index (κ2) is 7.07. The van der Waals surface area contributed by atoms with E-state index in [2.05, 4.69) is 25.4 Å². The zero-order chi connectivity index (χ0) is 17.9. The molecular formula is C18H21N7O. The van der Waals surface area contributed by atoms with Gasteiger partial charge in [-0.15, -0.1) is 0 Å². The first-order valence-electron chi connectivity index (χ1n) is 8.85. The molecule has 8 nitrogen and oxygen atoms in total. The summed E-state index contributed by atoms with van der Waals surface area (Å²) >= 11 is 0. The molecule has 1 fully saturated rings. The van der Waals surface area contributed by atoms with Gasteiger partial charge >= 0.3 is 0 Å². The fraction of sp³-hybridized carbons (Fsp3) is 0.389. The van der Waals surface area contributed by atoms with E-state index in [0.29, 0.717) is 12.2 Å². The molecule has 0 saturated carbocycles. The molecule has 4 rings (SSSR count). The Hall–Kier alpha value is -3.03. The van der Waals surface area contributed by atoms with Crippen LogP contribution in [-0.4, -0.2) is 55.2 Å². The van der Waals surface area contributed by atoms with Crippen molar-refractivity contribution in [1.82, 2.24) is 29.6 Å². The number of carbonyl (C=O) groups excluding carboxylic acids is 1. The average Bonchev–Trinajstić information content (AvgIpc) is 3.25. The molecule has 0 radical (unpaired) electrons. The summed E-state index contributed by atoms with van der Waals surface area (Å²) in [5, 5.41) is 8.55. The van der Waals surface area contributed by atoms with Crippen LogP contribution in [0.25, 0.3) is 22.6 Å². The molecule has 4 heterocycles. The lowest BCUT2D eigenvalue weighted by Crippen LogP contribution is -2.27. The van der Waals surface area contributed by atoms with Crippen LogP contribution in [-0.2, 0) is 11.8 Å². The van der Waals surface area contributed by atoms with E-state index in [1.165, 1.54) is 0 Å². The predicted octanol–water partition coefficient (Wildman–Crippen LogP) is 1.85. The van der Waals surface area contributed by atoms with E-state index in [9.17, 15) is 4.79 Å². The van der Waals surface area contributed by atoms with Gasteiger partial charge in [-0.05, 0) is 25.0 Å². The maximum Gasteiger partial charge on any atom is 0.222 e. The van der Waals surface area contributed by atoms with E-state index in [1.54, 1.807) is 17.1 Å². The predicted molar refractivity (Wildman–Crippen MR) is 98.5 cm³/mol. The smallest absolute Gasteiger partial charge is 0.222 e. The highest BCUT2D eigenvalue weighted by atomic mass is 16.2. The number of fused-ring (bicyclic) bond motifs is 1. The maximum absolute atomic E-state index is 11.7. The zero-order valence-corrected chi connectivity index (χ0v) is 14.7. The minimum atomic E-state index is 0.263. The molecule has 1 amide bonds. The van der Waals surface area contributed by atoms with Gasteiger partial charge in [-0.3, -0.25) is 14.5 Å². The van der Waals surface area contributed by atoms with Crippen molar-refractivity contribution in [3.05, 3.63) is 30.6 Å². The number of hydrogen-bond donors (Lipinski definition) is 1. The topological polar surface area (TPSA) is 88.8 Å². The van der Waals surface area contributed by atoms with E-state index >= 15 is 0 Å². The number of aromatic nitrogens is 5. The van der Waals surface area contributed by atoms with Crippen LogP contribution < -0.4 is 5.32 Å². The van der Waals surface area contributed by atoms with E-state index in [4.69, 9.17) is 0 Å². The molecule has 1 aliphatic heterocycles. The van der Waals surface area contributed by atoms with Gasteiger partial charge in [0.05, 0.1) is 11.6 Å². The number of anilines is 1. The van der Waals surface area contributed by atoms with Crippen molar-refractivity contribution in [3.8, 4) is 11.5 Å². The Balaban J connectivity index is 1.53. The Morgan fingerprint density at radius 2 is 2.19 bits per heavy atom. The first-order valence-corrected chi connectivity index (χ1v) is 8.85. The lowest BCUT2D eigenvalue weighted by atomic mass is 10.3. The van der Waals surface area contributed by atoms with E-state index in [1.807, 2.05) is 30.1 Å². The number of amides is 1. The number of nitrogens with zero attached hydrogens (tertiary/aromatic N) is 6. The van der Waals surface area contributed by atoms with E-state index in [-0.39, 0.29) is 5.91 Å². The summed E-state index contributed by atoms with van der Waals surface area (Å²) in [6.07, 6.45) is 6.03. The van der Waals surface area contributed by atoms with Crippen LogP contribution in [0, 0.1) is 0 Å². The third-order valence-electron chi connectivity index (χ3n) is 4.55. The molecule has 0 bridgehead atoms. The first-order chi connectivity index (χ1) is 12.7. The van der Waals surface area contributed by atoms with Crippen molar-refractivity contribution < 1.29 is 4.79 Å². The van der Waals surface area contributed by atoms with Crippen molar-refractivity contribution in [1.29, 1.82) is 0 Å². The number of pyridine rings is 1. The monoisotopic (exact) mass is 351 g/mol. The van der Waals surface area contributed by atoms with Crippen LogP contribution in [0.3, 0.4) is 0 Å². The molecule has 1 aliphatic rings. The summed E-state index contributed by atoms with van der Waals surface area (Å²) in [6.45, 7) is 2.38. The molecule has 3 aromatic heterocycles. The highest BCUT2D eigenvalue weighted by Gasteiger charge is 2.19. The standard InChI is InChI=1S/C18H21N7O/c1-24-18-13(12-21-24)16(20-9-5-11-25-10-4-7-15(25)26)22-17(23-18)14-6-2-3-8-19-14/h2-3,6,8,12H,4-5,7,9-11H2,1H3,(H,20,22,23). The summed E-state index contributed by atoms with van der Waals surface area (Å²) < 4.78 is 1.73. The molecule has 0 spiro atoms. The summed E-state index contributed by atoms with van der Waals surface area (Å²) in [7, 11) is 1.86. The molecule has 26 heavy (non-hydrogen) atoms. The van der Waals surface area contributed by atoms with Crippen LogP contribution in [0.5, 0.6) is 0 Å². The number of aryl methyl sites for hydroxylation is 1. The minimum Gasteiger partial charge on any atom is -0.369 e. The van der Waals surface area contributed by atoms with Crippen molar-refractivity contribution in [2.75, 3.05) is 25.0 Å². The van der Waals surface area contributed by atoms with Gasteiger partial charge in [0.2, 0.25) is 5.91 Å². The molecule has 1 saturated heterocycles. The van der Waals surface area contributed by atoms with Crippen LogP contribution >= 0.6 is 0 Å². The van der Waals surface area contributed by atoms with Crippen LogP contribution in [0.4, 0.5) is 5.82 Å². The lowest BCUT2D eigenvalue weighted by Gasteiger charge is -2.15. The van der Waals surface area contributed by atoms with Crippen molar-refractivity contribution in [2.45, 2.75) is 19.3 Å². The first kappa shape index (κ1) is 16.4.